The van der Waals surface area contributed by atoms with E-state index in [4.69, 9.17) is 14.6 Å². The molecule has 0 bridgehead atoms. The first kappa shape index (κ1) is 16.1. The molecule has 0 unspecified atom stereocenters. The Bertz CT molecular complexity index is 676. The molecule has 2 rings (SSSR count). The molecule has 22 heavy (non-hydrogen) atoms. The van der Waals surface area contributed by atoms with Gasteiger partial charge in [-0.15, -0.1) is 5.10 Å². The van der Waals surface area contributed by atoms with Crippen LogP contribution >= 0.6 is 11.8 Å². The average molecular weight is 327 g/mol. The van der Waals surface area contributed by atoms with Gasteiger partial charge in [0.05, 0.1) is 25.5 Å². The van der Waals surface area contributed by atoms with Crippen molar-refractivity contribution in [1.29, 1.82) is 0 Å². The molecule has 10 heteroatoms. The molecule has 0 saturated heterocycles. The van der Waals surface area contributed by atoms with Crippen molar-refractivity contribution in [2.75, 3.05) is 20.0 Å². The number of nitrogens with two attached hydrogens (primary N) is 1. The fraction of sp³-hybridized carbons (Fsp3) is 0.250. The van der Waals surface area contributed by atoms with Crippen LogP contribution in [0.2, 0.25) is 0 Å². The summed E-state index contributed by atoms with van der Waals surface area (Å²) in [5.41, 5.74) is 1.93. The minimum Gasteiger partial charge on any atom is -0.493 e. The van der Waals surface area contributed by atoms with E-state index in [9.17, 15) is 10.0 Å². The number of thioether (sulfide) groups is 1. The van der Waals surface area contributed by atoms with Crippen LogP contribution < -0.4 is 15.0 Å². The zero-order chi connectivity index (χ0) is 16.1. The van der Waals surface area contributed by atoms with Crippen LogP contribution in [0.25, 0.3) is 11.4 Å². The number of methoxy groups -OCH3 is 2. The Morgan fingerprint density at radius 3 is 2.64 bits per heavy atom. The highest BCUT2D eigenvalue weighted by atomic mass is 32.2. The van der Waals surface area contributed by atoms with Gasteiger partial charge in [-0.2, -0.15) is 5.48 Å². The van der Waals surface area contributed by atoms with E-state index in [1.54, 1.807) is 12.1 Å². The first-order valence-corrected chi connectivity index (χ1v) is 7.08. The van der Waals surface area contributed by atoms with E-state index in [1.165, 1.54) is 14.2 Å². The minimum atomic E-state index is -0.952. The number of benzene rings is 1. The number of quaternary nitrogens is 1. The van der Waals surface area contributed by atoms with Crippen molar-refractivity contribution in [1.82, 2.24) is 15.2 Å². The number of rotatable bonds is 7. The highest BCUT2D eigenvalue weighted by molar-refractivity contribution is 7.99. The first-order valence-electron chi connectivity index (χ1n) is 6.09. The van der Waals surface area contributed by atoms with E-state index < -0.39 is 5.97 Å². The minimum absolute atomic E-state index is 0.137. The molecule has 0 amide bonds. The van der Waals surface area contributed by atoms with E-state index in [-0.39, 0.29) is 5.75 Å². The summed E-state index contributed by atoms with van der Waals surface area (Å²) in [6, 6.07) is 3.24. The van der Waals surface area contributed by atoms with Crippen LogP contribution in [0.3, 0.4) is 0 Å². The molecule has 1 heterocycles. The number of nitrogens with zero attached hydrogens (tertiary/aromatic N) is 2. The lowest BCUT2D eigenvalue weighted by Crippen LogP contribution is -2.74. The number of H-pyrrole nitrogens is 1. The van der Waals surface area contributed by atoms with Crippen molar-refractivity contribution in [2.45, 2.75) is 5.16 Å². The van der Waals surface area contributed by atoms with Gasteiger partial charge >= 0.3 is 5.97 Å². The lowest BCUT2D eigenvalue weighted by atomic mass is 10.1. The third kappa shape index (κ3) is 3.47. The van der Waals surface area contributed by atoms with Gasteiger partial charge in [-0.05, 0) is 0 Å². The molecule has 0 fully saturated rings. The lowest BCUT2D eigenvalue weighted by Gasteiger charge is -2.10. The molecule has 0 atom stereocenters. The van der Waals surface area contributed by atoms with Crippen LogP contribution in [0.5, 0.6) is 11.5 Å². The highest BCUT2D eigenvalue weighted by Crippen LogP contribution is 2.35. The van der Waals surface area contributed by atoms with Gasteiger partial charge in [0.1, 0.15) is 0 Å². The Hall–Kier alpha value is -2.30. The van der Waals surface area contributed by atoms with E-state index >= 15 is 0 Å². The van der Waals surface area contributed by atoms with Gasteiger partial charge < -0.3 is 14.6 Å². The monoisotopic (exact) mass is 327 g/mol. The first-order chi connectivity index (χ1) is 10.6. The Morgan fingerprint density at radius 1 is 1.36 bits per heavy atom. The quantitative estimate of drug-likeness (QED) is 0.323. The van der Waals surface area contributed by atoms with Gasteiger partial charge in [0.15, 0.2) is 23.0 Å². The molecule has 0 aliphatic heterocycles. The standard InChI is InChI=1S/C12H14N4O5S/c1-20-8-3-6(7(16-19)4-9(8)21-2)11-13-12(15-14-11)22-5-10(17)18/h3-4,16,19H,5H2,1-2H3,(H,17,18)(H,13,14,15)/p+1. The highest BCUT2D eigenvalue weighted by Gasteiger charge is 2.18. The SMILES string of the molecule is COc1cc([NH2+]O)c(-c2nc(SCC(=O)O)n[nH]2)cc1OC. The van der Waals surface area contributed by atoms with Crippen LogP contribution in [0, 0.1) is 0 Å². The van der Waals surface area contributed by atoms with Crippen molar-refractivity contribution in [3.63, 3.8) is 0 Å². The lowest BCUT2D eigenvalue weighted by molar-refractivity contribution is -0.825. The number of aliphatic carboxylic acids is 1. The van der Waals surface area contributed by atoms with Crippen LogP contribution in [-0.4, -0.2) is 51.4 Å². The second kappa shape index (κ2) is 7.11. The fourth-order valence-corrected chi connectivity index (χ4v) is 2.28. The van der Waals surface area contributed by atoms with E-state index in [1.807, 2.05) is 0 Å². The number of carboxylic acids is 1. The fourth-order valence-electron chi connectivity index (χ4n) is 1.76. The number of carboxylic acid groups (broad SMARTS) is 1. The van der Waals surface area contributed by atoms with Crippen molar-refractivity contribution < 1.29 is 30.1 Å². The summed E-state index contributed by atoms with van der Waals surface area (Å²) < 4.78 is 10.4. The second-order valence-electron chi connectivity index (χ2n) is 4.07. The Balaban J connectivity index is 2.36. The van der Waals surface area contributed by atoms with Gasteiger partial charge in [-0.1, -0.05) is 11.8 Å². The molecule has 9 nitrogen and oxygen atoms in total. The number of aromatic amines is 1. The molecule has 1 aromatic heterocycles. The van der Waals surface area contributed by atoms with E-state index in [0.717, 1.165) is 17.2 Å². The number of nitrogens with one attached hydrogen (secondary N) is 1. The largest absolute Gasteiger partial charge is 0.493 e. The van der Waals surface area contributed by atoms with Gasteiger partial charge in [0.2, 0.25) is 5.16 Å². The van der Waals surface area contributed by atoms with Crippen LogP contribution in [-0.2, 0) is 4.79 Å². The second-order valence-corrected chi connectivity index (χ2v) is 5.02. The Morgan fingerprint density at radius 2 is 2.05 bits per heavy atom. The molecule has 5 N–H and O–H groups in total. The normalized spacial score (nSPS) is 10.5. The predicted molar refractivity (Wildman–Crippen MR) is 76.7 cm³/mol. The molecule has 0 radical (unpaired) electrons. The molecule has 0 aliphatic carbocycles. The Kier molecular flexibility index (Phi) is 5.20. The average Bonchev–Trinajstić information content (AvgIpc) is 3.00. The number of aromatic nitrogens is 3. The third-order valence-corrected chi connectivity index (χ3v) is 3.57. The van der Waals surface area contributed by atoms with Crippen molar-refractivity contribution in [2.24, 2.45) is 0 Å². The maximum absolute atomic E-state index is 10.5. The molecular weight excluding hydrogens is 312 g/mol. The van der Waals surface area contributed by atoms with Crippen molar-refractivity contribution >= 4 is 23.4 Å². The summed E-state index contributed by atoms with van der Waals surface area (Å²) in [7, 11) is 2.99. The number of hydrogen-bond acceptors (Lipinski definition) is 7. The molecular formula is C12H15N4O5S+. The zero-order valence-corrected chi connectivity index (χ0v) is 12.7. The maximum atomic E-state index is 10.5. The zero-order valence-electron chi connectivity index (χ0n) is 11.9. The summed E-state index contributed by atoms with van der Waals surface area (Å²) in [6.45, 7) is 0. The summed E-state index contributed by atoms with van der Waals surface area (Å²) in [5, 5.41) is 25.0. The van der Waals surface area contributed by atoms with Crippen molar-refractivity contribution in [3.8, 4) is 22.9 Å². The smallest absolute Gasteiger partial charge is 0.313 e. The molecule has 118 valence electrons. The van der Waals surface area contributed by atoms with Gasteiger partial charge in [-0.3, -0.25) is 9.89 Å². The van der Waals surface area contributed by atoms with E-state index in [2.05, 4.69) is 15.2 Å². The van der Waals surface area contributed by atoms with E-state index in [0.29, 0.717) is 33.7 Å². The summed E-state index contributed by atoms with van der Waals surface area (Å²) in [5.74, 6) is 0.231. The van der Waals surface area contributed by atoms with Gasteiger partial charge in [-0.25, -0.2) is 10.2 Å². The molecule has 2 aromatic rings. The number of ether oxygens (including phenoxy) is 2. The van der Waals surface area contributed by atoms with Gasteiger partial charge in [0.25, 0.3) is 0 Å². The summed E-state index contributed by atoms with van der Waals surface area (Å²) >= 11 is 0.993. The number of carbonyl (C=O) groups is 1. The summed E-state index contributed by atoms with van der Waals surface area (Å²) in [4.78, 5) is 14.7. The van der Waals surface area contributed by atoms with Crippen molar-refractivity contribution in [3.05, 3.63) is 12.1 Å². The van der Waals surface area contributed by atoms with Crippen LogP contribution in [0.15, 0.2) is 17.3 Å². The molecule has 0 aliphatic rings. The summed E-state index contributed by atoms with van der Waals surface area (Å²) in [6.07, 6.45) is 0. The Labute approximate surface area is 129 Å². The predicted octanol–water partition coefficient (Wildman–Crippen LogP) is 0.250. The van der Waals surface area contributed by atoms with Gasteiger partial charge in [0, 0.05) is 12.1 Å². The maximum Gasteiger partial charge on any atom is 0.313 e. The van der Waals surface area contributed by atoms with Crippen LogP contribution in [0.1, 0.15) is 0 Å². The molecule has 0 spiro atoms. The number of hydrogen-bond donors (Lipinski definition) is 4. The molecule has 1 aromatic carbocycles. The molecule has 0 saturated carbocycles. The topological polar surface area (TPSA) is 134 Å². The third-order valence-electron chi connectivity index (χ3n) is 2.74. The van der Waals surface area contributed by atoms with Crippen LogP contribution in [0.4, 0.5) is 5.69 Å².